The van der Waals surface area contributed by atoms with Crippen LogP contribution in [-0.2, 0) is 9.59 Å². The van der Waals surface area contributed by atoms with Crippen molar-refractivity contribution in [2.24, 2.45) is 11.8 Å². The molecule has 126 valence electrons. The van der Waals surface area contributed by atoms with E-state index < -0.39 is 0 Å². The van der Waals surface area contributed by atoms with Crippen LogP contribution in [0.5, 0.6) is 0 Å². The molecule has 1 saturated heterocycles. The summed E-state index contributed by atoms with van der Waals surface area (Å²) in [4.78, 5) is 34.0. The second kappa shape index (κ2) is 6.72. The number of hydrogen-bond acceptors (Lipinski definition) is 3. The number of H-pyrrole nitrogens is 1. The van der Waals surface area contributed by atoms with Crippen molar-refractivity contribution >= 4 is 11.8 Å². The zero-order chi connectivity index (χ0) is 16.4. The van der Waals surface area contributed by atoms with Gasteiger partial charge >= 0.3 is 0 Å². The van der Waals surface area contributed by atoms with Gasteiger partial charge in [0.2, 0.25) is 11.8 Å². The zero-order valence-corrected chi connectivity index (χ0v) is 14.0. The van der Waals surface area contributed by atoms with Gasteiger partial charge in [-0.15, -0.1) is 0 Å². The number of rotatable bonds is 5. The molecule has 2 fully saturated rings. The standard InChI is InChI=1S/C17H26N4O2/c1-3-14(15-18-10-11(2)19-15)20-16(22)12-6-8-21(9-7-12)17(23)13-4-5-13/h10,12-14H,3-9H2,1-2H3,(H,18,19)(H,20,22)/t14-/m0/s1. The van der Waals surface area contributed by atoms with Gasteiger partial charge in [0.1, 0.15) is 5.82 Å². The zero-order valence-electron chi connectivity index (χ0n) is 14.0. The largest absolute Gasteiger partial charge is 0.346 e. The van der Waals surface area contributed by atoms with E-state index in [1.165, 1.54) is 0 Å². The lowest BCUT2D eigenvalue weighted by Gasteiger charge is -2.32. The Morgan fingerprint density at radius 3 is 2.52 bits per heavy atom. The summed E-state index contributed by atoms with van der Waals surface area (Å²) in [5.41, 5.74) is 1.000. The molecular weight excluding hydrogens is 292 g/mol. The fourth-order valence-electron chi connectivity index (χ4n) is 3.21. The number of likely N-dealkylation sites (tertiary alicyclic amines) is 1. The number of imidazole rings is 1. The summed E-state index contributed by atoms with van der Waals surface area (Å²) in [6, 6.07) is -0.0673. The molecule has 2 N–H and O–H groups in total. The summed E-state index contributed by atoms with van der Waals surface area (Å²) in [7, 11) is 0. The highest BCUT2D eigenvalue weighted by Crippen LogP contribution is 2.32. The molecule has 1 aliphatic heterocycles. The van der Waals surface area contributed by atoms with E-state index in [2.05, 4.69) is 15.3 Å². The molecule has 3 rings (SSSR count). The van der Waals surface area contributed by atoms with E-state index >= 15 is 0 Å². The highest BCUT2D eigenvalue weighted by atomic mass is 16.2. The van der Waals surface area contributed by atoms with E-state index in [0.29, 0.717) is 19.0 Å². The Labute approximate surface area is 137 Å². The molecular formula is C17H26N4O2. The Kier molecular flexibility index (Phi) is 4.68. The lowest BCUT2D eigenvalue weighted by molar-refractivity contribution is -0.136. The molecule has 0 radical (unpaired) electrons. The van der Waals surface area contributed by atoms with Crippen molar-refractivity contribution in [3.8, 4) is 0 Å². The maximum absolute atomic E-state index is 12.5. The molecule has 0 unspecified atom stereocenters. The second-order valence-electron chi connectivity index (χ2n) is 6.79. The minimum Gasteiger partial charge on any atom is -0.346 e. The molecule has 2 aliphatic rings. The molecule has 23 heavy (non-hydrogen) atoms. The van der Waals surface area contributed by atoms with Gasteiger partial charge < -0.3 is 15.2 Å². The lowest BCUT2D eigenvalue weighted by atomic mass is 9.95. The van der Waals surface area contributed by atoms with Gasteiger partial charge in [-0.3, -0.25) is 9.59 Å². The second-order valence-corrected chi connectivity index (χ2v) is 6.79. The van der Waals surface area contributed by atoms with Gasteiger partial charge in [-0.25, -0.2) is 4.98 Å². The Balaban J connectivity index is 1.51. The number of aromatic nitrogens is 2. The van der Waals surface area contributed by atoms with Gasteiger partial charge in [0.25, 0.3) is 0 Å². The molecule has 2 heterocycles. The third kappa shape index (κ3) is 3.74. The van der Waals surface area contributed by atoms with Crippen molar-refractivity contribution < 1.29 is 9.59 Å². The molecule has 0 aromatic carbocycles. The summed E-state index contributed by atoms with van der Waals surface area (Å²) >= 11 is 0. The SMILES string of the molecule is CC[C@H](NC(=O)C1CCN(C(=O)C2CC2)CC1)c1ncc(C)[nH]1. The number of nitrogens with one attached hydrogen (secondary N) is 2. The van der Waals surface area contributed by atoms with Crippen LogP contribution in [-0.4, -0.2) is 39.8 Å². The van der Waals surface area contributed by atoms with E-state index in [0.717, 1.165) is 43.6 Å². The quantitative estimate of drug-likeness (QED) is 0.871. The molecule has 1 saturated carbocycles. The fraction of sp³-hybridized carbons (Fsp3) is 0.706. The molecule has 0 bridgehead atoms. The minimum atomic E-state index is -0.0673. The fourth-order valence-corrected chi connectivity index (χ4v) is 3.21. The van der Waals surface area contributed by atoms with Crippen LogP contribution in [0, 0.1) is 18.8 Å². The maximum Gasteiger partial charge on any atom is 0.225 e. The van der Waals surface area contributed by atoms with Crippen LogP contribution < -0.4 is 5.32 Å². The lowest BCUT2D eigenvalue weighted by Crippen LogP contribution is -2.44. The number of carbonyl (C=O) groups is 2. The summed E-state index contributed by atoms with van der Waals surface area (Å²) < 4.78 is 0. The van der Waals surface area contributed by atoms with Crippen molar-refractivity contribution in [2.45, 2.75) is 52.0 Å². The molecule has 1 aliphatic carbocycles. The highest BCUT2D eigenvalue weighted by Gasteiger charge is 2.36. The third-order valence-electron chi connectivity index (χ3n) is 4.88. The molecule has 1 aromatic heterocycles. The van der Waals surface area contributed by atoms with Crippen LogP contribution in [0.2, 0.25) is 0 Å². The number of aryl methyl sites for hydroxylation is 1. The Hall–Kier alpha value is -1.85. The van der Waals surface area contributed by atoms with E-state index in [4.69, 9.17) is 0 Å². The maximum atomic E-state index is 12.5. The average molecular weight is 318 g/mol. The first-order chi connectivity index (χ1) is 11.1. The van der Waals surface area contributed by atoms with Gasteiger partial charge in [0.05, 0.1) is 6.04 Å². The van der Waals surface area contributed by atoms with Crippen LogP contribution in [0.4, 0.5) is 0 Å². The van der Waals surface area contributed by atoms with E-state index in [9.17, 15) is 9.59 Å². The van der Waals surface area contributed by atoms with Gasteiger partial charge in [-0.2, -0.15) is 0 Å². The number of aromatic amines is 1. The topological polar surface area (TPSA) is 78.1 Å². The highest BCUT2D eigenvalue weighted by molar-refractivity contribution is 5.82. The molecule has 1 aromatic rings. The van der Waals surface area contributed by atoms with Crippen LogP contribution in [0.15, 0.2) is 6.20 Å². The Morgan fingerprint density at radius 1 is 1.30 bits per heavy atom. The van der Waals surface area contributed by atoms with Crippen LogP contribution >= 0.6 is 0 Å². The number of piperidine rings is 1. The number of nitrogens with zero attached hydrogens (tertiary/aromatic N) is 2. The summed E-state index contributed by atoms with van der Waals surface area (Å²) in [6.07, 6.45) is 6.19. The molecule has 6 nitrogen and oxygen atoms in total. The minimum absolute atomic E-state index is 0.00311. The number of hydrogen-bond donors (Lipinski definition) is 2. The first-order valence-corrected chi connectivity index (χ1v) is 8.69. The van der Waals surface area contributed by atoms with Crippen molar-refractivity contribution in [2.75, 3.05) is 13.1 Å². The normalized spacial score (nSPS) is 20.3. The van der Waals surface area contributed by atoms with Gasteiger partial charge in [0, 0.05) is 36.8 Å². The van der Waals surface area contributed by atoms with Crippen molar-refractivity contribution in [3.63, 3.8) is 0 Å². The van der Waals surface area contributed by atoms with Gasteiger partial charge in [-0.05, 0) is 39.0 Å². The molecule has 6 heteroatoms. The molecule has 2 amide bonds. The van der Waals surface area contributed by atoms with Crippen molar-refractivity contribution in [1.29, 1.82) is 0 Å². The Bertz CT molecular complexity index is 571. The van der Waals surface area contributed by atoms with Crippen molar-refractivity contribution in [3.05, 3.63) is 17.7 Å². The molecule has 0 spiro atoms. The predicted octanol–water partition coefficient (Wildman–Crippen LogP) is 1.93. The summed E-state index contributed by atoms with van der Waals surface area (Å²) in [5, 5.41) is 3.11. The van der Waals surface area contributed by atoms with Crippen LogP contribution in [0.3, 0.4) is 0 Å². The van der Waals surface area contributed by atoms with Gasteiger partial charge in [-0.1, -0.05) is 6.92 Å². The predicted molar refractivity (Wildman–Crippen MR) is 86.5 cm³/mol. The van der Waals surface area contributed by atoms with E-state index in [-0.39, 0.29) is 23.8 Å². The van der Waals surface area contributed by atoms with Gasteiger partial charge in [0.15, 0.2) is 0 Å². The van der Waals surface area contributed by atoms with Crippen LogP contribution in [0.25, 0.3) is 0 Å². The summed E-state index contributed by atoms with van der Waals surface area (Å²) in [5.74, 6) is 1.47. The summed E-state index contributed by atoms with van der Waals surface area (Å²) in [6.45, 7) is 5.42. The first-order valence-electron chi connectivity index (χ1n) is 8.69. The Morgan fingerprint density at radius 2 is 2.00 bits per heavy atom. The third-order valence-corrected chi connectivity index (χ3v) is 4.88. The smallest absolute Gasteiger partial charge is 0.225 e. The average Bonchev–Trinajstić information content (AvgIpc) is 3.33. The van der Waals surface area contributed by atoms with Crippen LogP contribution in [0.1, 0.15) is 56.6 Å². The number of amides is 2. The number of carbonyl (C=O) groups excluding carboxylic acids is 2. The van der Waals surface area contributed by atoms with E-state index in [1.807, 2.05) is 18.7 Å². The first kappa shape index (κ1) is 16.0. The van der Waals surface area contributed by atoms with E-state index in [1.54, 1.807) is 6.20 Å². The monoisotopic (exact) mass is 318 g/mol. The van der Waals surface area contributed by atoms with Crippen molar-refractivity contribution in [1.82, 2.24) is 20.2 Å². The molecule has 1 atom stereocenters.